The van der Waals surface area contributed by atoms with Crippen LogP contribution in [0.15, 0.2) is 48.5 Å². The van der Waals surface area contributed by atoms with Crippen molar-refractivity contribution in [3.05, 3.63) is 65.2 Å². The number of rotatable bonds is 5. The zero-order valence-electron chi connectivity index (χ0n) is 12.4. The second-order valence-corrected chi connectivity index (χ2v) is 5.66. The Labute approximate surface area is 126 Å². The highest BCUT2D eigenvalue weighted by Gasteiger charge is 2.16. The van der Waals surface area contributed by atoms with Gasteiger partial charge in [0.05, 0.1) is 12.6 Å². The molecule has 0 aromatic heterocycles. The highest BCUT2D eigenvalue weighted by molar-refractivity contribution is 5.58. The molecule has 0 spiro atoms. The molecule has 3 nitrogen and oxygen atoms in total. The third-order valence-corrected chi connectivity index (χ3v) is 4.21. The molecule has 1 atom stereocenters. The summed E-state index contributed by atoms with van der Waals surface area (Å²) in [5.41, 5.74) is 5.18. The van der Waals surface area contributed by atoms with Gasteiger partial charge in [0.15, 0.2) is 0 Å². The van der Waals surface area contributed by atoms with E-state index in [0.717, 1.165) is 25.1 Å². The molecule has 0 saturated heterocycles. The van der Waals surface area contributed by atoms with Crippen LogP contribution in [-0.2, 0) is 13.0 Å². The lowest BCUT2D eigenvalue weighted by molar-refractivity contribution is 0.243. The summed E-state index contributed by atoms with van der Waals surface area (Å²) < 4.78 is 0. The van der Waals surface area contributed by atoms with Gasteiger partial charge in [0.25, 0.3) is 0 Å². The van der Waals surface area contributed by atoms with Crippen molar-refractivity contribution in [2.45, 2.75) is 19.0 Å². The van der Waals surface area contributed by atoms with Crippen LogP contribution in [0.5, 0.6) is 0 Å². The largest absolute Gasteiger partial charge is 0.394 e. The van der Waals surface area contributed by atoms with E-state index in [4.69, 9.17) is 0 Å². The van der Waals surface area contributed by atoms with Crippen LogP contribution in [0.25, 0.3) is 0 Å². The summed E-state index contributed by atoms with van der Waals surface area (Å²) in [5.74, 6) is 0. The minimum Gasteiger partial charge on any atom is -0.394 e. The summed E-state index contributed by atoms with van der Waals surface area (Å²) in [7, 11) is 2.14. The molecular weight excluding hydrogens is 260 g/mol. The van der Waals surface area contributed by atoms with E-state index in [1.807, 2.05) is 30.3 Å². The van der Waals surface area contributed by atoms with Gasteiger partial charge in [-0.2, -0.15) is 0 Å². The summed E-state index contributed by atoms with van der Waals surface area (Å²) in [6.07, 6.45) is 1.13. The maximum Gasteiger partial charge on any atom is 0.0626 e. The van der Waals surface area contributed by atoms with Gasteiger partial charge in [-0.3, -0.25) is 0 Å². The normalized spacial score (nSPS) is 15.0. The van der Waals surface area contributed by atoms with Crippen LogP contribution < -0.4 is 10.2 Å². The van der Waals surface area contributed by atoms with E-state index in [1.54, 1.807) is 0 Å². The first-order valence-electron chi connectivity index (χ1n) is 7.50. The third-order valence-electron chi connectivity index (χ3n) is 4.21. The zero-order chi connectivity index (χ0) is 14.7. The van der Waals surface area contributed by atoms with Crippen LogP contribution in [0, 0.1) is 0 Å². The van der Waals surface area contributed by atoms with Gasteiger partial charge in [-0.25, -0.2) is 0 Å². The van der Waals surface area contributed by atoms with Crippen molar-refractivity contribution in [2.75, 3.05) is 25.1 Å². The average Bonchev–Trinajstić information content (AvgIpc) is 2.90. The standard InChI is InChI=1S/C18H22N2O/c1-20-10-9-16-11-14(7-8-18(16)20)12-19-17(13-21)15-5-3-2-4-6-15/h2-8,11,17,19,21H,9-10,12-13H2,1H3. The number of hydrogen-bond acceptors (Lipinski definition) is 3. The molecular formula is C18H22N2O. The number of aliphatic hydroxyl groups is 1. The zero-order valence-corrected chi connectivity index (χ0v) is 12.4. The Kier molecular flexibility index (Phi) is 4.23. The number of hydrogen-bond donors (Lipinski definition) is 2. The van der Waals surface area contributed by atoms with Crippen LogP contribution >= 0.6 is 0 Å². The fourth-order valence-corrected chi connectivity index (χ4v) is 2.94. The maximum absolute atomic E-state index is 9.58. The quantitative estimate of drug-likeness (QED) is 0.884. The number of fused-ring (bicyclic) bond motifs is 1. The predicted octanol–water partition coefficient (Wildman–Crippen LogP) is 2.50. The number of anilines is 1. The van der Waals surface area contributed by atoms with Gasteiger partial charge in [-0.15, -0.1) is 0 Å². The van der Waals surface area contributed by atoms with Crippen LogP contribution in [0.3, 0.4) is 0 Å². The van der Waals surface area contributed by atoms with E-state index in [9.17, 15) is 5.11 Å². The van der Waals surface area contributed by atoms with Crippen molar-refractivity contribution in [1.29, 1.82) is 0 Å². The monoisotopic (exact) mass is 282 g/mol. The van der Waals surface area contributed by atoms with E-state index < -0.39 is 0 Å². The summed E-state index contributed by atoms with van der Waals surface area (Å²) >= 11 is 0. The van der Waals surface area contributed by atoms with E-state index >= 15 is 0 Å². The maximum atomic E-state index is 9.58. The van der Waals surface area contributed by atoms with Crippen LogP contribution in [0.4, 0.5) is 5.69 Å². The van der Waals surface area contributed by atoms with Crippen molar-refractivity contribution in [2.24, 2.45) is 0 Å². The van der Waals surface area contributed by atoms with Crippen LogP contribution in [-0.4, -0.2) is 25.3 Å². The third kappa shape index (κ3) is 3.09. The SMILES string of the molecule is CN1CCc2cc(CNC(CO)c3ccccc3)ccc21. The van der Waals surface area contributed by atoms with Crippen molar-refractivity contribution < 1.29 is 5.11 Å². The predicted molar refractivity (Wildman–Crippen MR) is 86.5 cm³/mol. The Bertz CT molecular complexity index is 597. The molecule has 0 fully saturated rings. The second kappa shape index (κ2) is 6.29. The first-order chi connectivity index (χ1) is 10.3. The molecule has 2 N–H and O–H groups in total. The number of aliphatic hydroxyl groups excluding tert-OH is 1. The van der Waals surface area contributed by atoms with Crippen molar-refractivity contribution in [3.63, 3.8) is 0 Å². The van der Waals surface area contributed by atoms with E-state index in [1.165, 1.54) is 16.8 Å². The molecule has 3 rings (SSSR count). The first-order valence-corrected chi connectivity index (χ1v) is 7.50. The van der Waals surface area contributed by atoms with Crippen molar-refractivity contribution in [1.82, 2.24) is 5.32 Å². The topological polar surface area (TPSA) is 35.5 Å². The molecule has 21 heavy (non-hydrogen) atoms. The van der Waals surface area contributed by atoms with E-state index in [2.05, 4.69) is 35.5 Å². The summed E-state index contributed by atoms with van der Waals surface area (Å²) in [5, 5.41) is 13.0. The number of likely N-dealkylation sites (N-methyl/N-ethyl adjacent to an activating group) is 1. The van der Waals surface area contributed by atoms with Crippen molar-refractivity contribution >= 4 is 5.69 Å². The molecule has 0 amide bonds. The van der Waals surface area contributed by atoms with Crippen molar-refractivity contribution in [3.8, 4) is 0 Å². The smallest absolute Gasteiger partial charge is 0.0626 e. The average molecular weight is 282 g/mol. The fraction of sp³-hybridized carbons (Fsp3) is 0.333. The molecule has 0 radical (unpaired) electrons. The molecule has 1 unspecified atom stereocenters. The Balaban J connectivity index is 1.67. The minimum absolute atomic E-state index is 0.0119. The lowest BCUT2D eigenvalue weighted by Gasteiger charge is -2.17. The second-order valence-electron chi connectivity index (χ2n) is 5.66. The van der Waals surface area contributed by atoms with Gasteiger partial charge in [0, 0.05) is 25.8 Å². The van der Waals surface area contributed by atoms with Crippen LogP contribution in [0.2, 0.25) is 0 Å². The van der Waals surface area contributed by atoms with Crippen LogP contribution in [0.1, 0.15) is 22.7 Å². The van der Waals surface area contributed by atoms with Gasteiger partial charge >= 0.3 is 0 Å². The highest BCUT2D eigenvalue weighted by atomic mass is 16.3. The number of nitrogens with one attached hydrogen (secondary N) is 1. The molecule has 0 bridgehead atoms. The van der Waals surface area contributed by atoms with Gasteiger partial charge in [0.2, 0.25) is 0 Å². The minimum atomic E-state index is -0.0119. The van der Waals surface area contributed by atoms with E-state index in [0.29, 0.717) is 0 Å². The molecule has 0 aliphatic carbocycles. The van der Waals surface area contributed by atoms with E-state index in [-0.39, 0.29) is 12.6 Å². The van der Waals surface area contributed by atoms with Gasteiger partial charge in [0.1, 0.15) is 0 Å². The Hall–Kier alpha value is -1.84. The molecule has 110 valence electrons. The summed E-state index contributed by atoms with van der Waals surface area (Å²) in [6, 6.07) is 16.7. The number of nitrogens with zero attached hydrogens (tertiary/aromatic N) is 1. The first kappa shape index (κ1) is 14.1. The fourth-order valence-electron chi connectivity index (χ4n) is 2.94. The molecule has 2 aromatic rings. The lowest BCUT2D eigenvalue weighted by atomic mass is 10.1. The lowest BCUT2D eigenvalue weighted by Crippen LogP contribution is -2.24. The van der Waals surface area contributed by atoms with Gasteiger partial charge in [-0.1, -0.05) is 42.5 Å². The highest BCUT2D eigenvalue weighted by Crippen LogP contribution is 2.27. The molecule has 3 heteroatoms. The molecule has 1 heterocycles. The Morgan fingerprint density at radius 3 is 2.76 bits per heavy atom. The summed E-state index contributed by atoms with van der Waals surface area (Å²) in [6.45, 7) is 1.99. The molecule has 1 aliphatic rings. The van der Waals surface area contributed by atoms with Gasteiger partial charge < -0.3 is 15.3 Å². The Morgan fingerprint density at radius 1 is 1.19 bits per heavy atom. The molecule has 0 saturated carbocycles. The summed E-state index contributed by atoms with van der Waals surface area (Å²) in [4.78, 5) is 2.30. The number of benzene rings is 2. The van der Waals surface area contributed by atoms with Gasteiger partial charge in [-0.05, 0) is 29.2 Å². The Morgan fingerprint density at radius 2 is 2.00 bits per heavy atom. The molecule has 2 aromatic carbocycles. The molecule has 1 aliphatic heterocycles.